The third-order valence-corrected chi connectivity index (χ3v) is 10.2. The number of hydrogen-bond donors (Lipinski definition) is 0. The van der Waals surface area contributed by atoms with Gasteiger partial charge in [0.05, 0.1) is 48.9 Å². The zero-order chi connectivity index (χ0) is 35.1. The zero-order valence-electron chi connectivity index (χ0n) is 29.5. The predicted octanol–water partition coefficient (Wildman–Crippen LogP) is 7.53. The highest BCUT2D eigenvalue weighted by Crippen LogP contribution is 2.32. The molecular weight excluding hydrogens is 652 g/mol. The van der Waals surface area contributed by atoms with E-state index in [9.17, 15) is 14.4 Å². The van der Waals surface area contributed by atoms with Crippen LogP contribution in [0.5, 0.6) is 0 Å². The Balaban J connectivity index is 1.14. The van der Waals surface area contributed by atoms with Crippen molar-refractivity contribution in [1.82, 2.24) is 0 Å². The molecule has 3 aliphatic rings. The van der Waals surface area contributed by atoms with Gasteiger partial charge in [-0.2, -0.15) is 0 Å². The number of alkyl halides is 1. The fraction of sp³-hybridized carbons (Fsp3) is 0.816. The lowest BCUT2D eigenvalue weighted by Gasteiger charge is -2.34. The van der Waals surface area contributed by atoms with E-state index >= 15 is 0 Å². The Bertz CT molecular complexity index is 960. The summed E-state index contributed by atoms with van der Waals surface area (Å²) in [6.45, 7) is 9.38. The van der Waals surface area contributed by atoms with Gasteiger partial charge in [-0.1, -0.05) is 26.0 Å². The molecule has 49 heavy (non-hydrogen) atoms. The number of unbranched alkanes of at least 4 members (excludes halogenated alkanes) is 6. The maximum Gasteiger partial charge on any atom is 0.330 e. The number of carbonyl (C=O) groups excluding carboxylic acids is 3. The molecule has 0 aromatic rings. The van der Waals surface area contributed by atoms with Gasteiger partial charge in [-0.05, 0) is 103 Å². The minimum absolute atomic E-state index is 0.0678. The Labute approximate surface area is 298 Å². The molecule has 3 fully saturated rings. The Morgan fingerprint density at radius 3 is 1.49 bits per heavy atom. The van der Waals surface area contributed by atoms with Crippen molar-refractivity contribution in [1.29, 1.82) is 0 Å². The molecule has 3 saturated carbocycles. The highest BCUT2D eigenvalue weighted by molar-refractivity contribution is 6.21. The van der Waals surface area contributed by atoms with E-state index in [1.54, 1.807) is 0 Å². The molecule has 10 nitrogen and oxygen atoms in total. The maximum atomic E-state index is 12.9. The van der Waals surface area contributed by atoms with Gasteiger partial charge in [0.25, 0.3) is 0 Å². The lowest BCUT2D eigenvalue weighted by molar-refractivity contribution is -0.163. The van der Waals surface area contributed by atoms with Crippen LogP contribution in [0.25, 0.3) is 0 Å². The summed E-state index contributed by atoms with van der Waals surface area (Å²) in [6.07, 6.45) is 20.0. The van der Waals surface area contributed by atoms with E-state index < -0.39 is 0 Å². The van der Waals surface area contributed by atoms with E-state index in [2.05, 4.69) is 13.2 Å². The van der Waals surface area contributed by atoms with Crippen LogP contribution in [0, 0.1) is 5.92 Å². The molecule has 0 aromatic heterocycles. The molecule has 11 heteroatoms. The van der Waals surface area contributed by atoms with Gasteiger partial charge >= 0.3 is 17.9 Å². The van der Waals surface area contributed by atoms with Gasteiger partial charge in [0, 0.05) is 31.8 Å². The molecule has 3 aliphatic carbocycles. The minimum Gasteiger partial charge on any atom is -0.463 e. The van der Waals surface area contributed by atoms with Gasteiger partial charge in [-0.3, -0.25) is 4.79 Å². The van der Waals surface area contributed by atoms with Gasteiger partial charge in [-0.25, -0.2) is 9.59 Å². The smallest absolute Gasteiger partial charge is 0.330 e. The van der Waals surface area contributed by atoms with E-state index in [0.29, 0.717) is 19.6 Å². The molecule has 0 N–H and O–H groups in total. The number of carbonyl (C=O) groups is 3. The van der Waals surface area contributed by atoms with Gasteiger partial charge in [0.2, 0.25) is 0 Å². The lowest BCUT2D eigenvalue weighted by Crippen LogP contribution is -2.39. The summed E-state index contributed by atoms with van der Waals surface area (Å²) >= 11 is 6.68. The largest absolute Gasteiger partial charge is 0.463 e. The molecule has 0 bridgehead atoms. The van der Waals surface area contributed by atoms with Gasteiger partial charge in [0.15, 0.2) is 0 Å². The van der Waals surface area contributed by atoms with Crippen molar-refractivity contribution >= 4 is 29.5 Å². The molecular formula is C38H61ClO10. The Kier molecular flexibility index (Phi) is 21.2. The van der Waals surface area contributed by atoms with Crippen LogP contribution in [0.4, 0.5) is 0 Å². The van der Waals surface area contributed by atoms with Crippen LogP contribution in [0.1, 0.15) is 122 Å². The van der Waals surface area contributed by atoms with Gasteiger partial charge in [-0.15, -0.1) is 11.6 Å². The summed E-state index contributed by atoms with van der Waals surface area (Å²) < 4.78 is 40.1. The highest BCUT2D eigenvalue weighted by Gasteiger charge is 2.35. The normalized spacial score (nSPS) is 27.2. The summed E-state index contributed by atoms with van der Waals surface area (Å²) in [5.74, 6) is -0.900. The zero-order valence-corrected chi connectivity index (χ0v) is 30.3. The SMILES string of the molecule is C=CC(=O)OCCCCCCOC1CCC(OCOC2CCC(OC(=O)C3CCC(OCCCCCCOC(=O)C=C)CC3)CC2Cl)CC1. The third-order valence-electron chi connectivity index (χ3n) is 9.77. The fourth-order valence-electron chi connectivity index (χ4n) is 6.74. The Hall–Kier alpha value is -1.98. The molecule has 3 atom stereocenters. The molecule has 3 unspecified atom stereocenters. The monoisotopic (exact) mass is 712 g/mol. The van der Waals surface area contributed by atoms with E-state index in [0.717, 1.165) is 129 Å². The van der Waals surface area contributed by atoms with E-state index in [-0.39, 0.29) is 66.5 Å². The first-order chi connectivity index (χ1) is 23.9. The first-order valence-corrected chi connectivity index (χ1v) is 19.2. The molecule has 0 aromatic carbocycles. The second kappa shape index (κ2) is 25.1. The number of esters is 3. The van der Waals surface area contributed by atoms with E-state index in [1.807, 2.05) is 0 Å². The summed E-state index contributed by atoms with van der Waals surface area (Å²) in [5, 5.41) is -0.215. The van der Waals surface area contributed by atoms with Gasteiger partial charge < -0.3 is 33.2 Å². The minimum atomic E-state index is -0.370. The standard InChI is InChI=1S/C38H61ClO10/c1-3-36(40)45-25-11-7-5-9-23-43-30-15-13-29(14-16-30)38(42)49-33-21-22-35(34(39)27-33)48-28-47-32-19-17-31(18-20-32)44-24-10-6-8-12-26-46-37(41)4-2/h3-4,29-35H,1-2,5-28H2. The first-order valence-electron chi connectivity index (χ1n) is 18.8. The number of halogens is 1. The third kappa shape index (κ3) is 17.7. The van der Waals surface area contributed by atoms with Crippen LogP contribution in [-0.4, -0.2) is 87.0 Å². The molecule has 0 amide bonds. The lowest BCUT2D eigenvalue weighted by atomic mass is 9.87. The Morgan fingerprint density at radius 2 is 1.00 bits per heavy atom. The molecule has 3 rings (SSSR count). The summed E-state index contributed by atoms with van der Waals surface area (Å²) in [6, 6.07) is 0. The number of rotatable bonds is 24. The van der Waals surface area contributed by atoms with Crippen molar-refractivity contribution in [2.75, 3.05) is 33.2 Å². The molecule has 280 valence electrons. The second-order valence-electron chi connectivity index (χ2n) is 13.6. The number of hydrogen-bond acceptors (Lipinski definition) is 10. The first kappa shape index (κ1) is 41.4. The predicted molar refractivity (Wildman–Crippen MR) is 187 cm³/mol. The second-order valence-corrected chi connectivity index (χ2v) is 14.1. The highest BCUT2D eigenvalue weighted by atomic mass is 35.5. The topological polar surface area (TPSA) is 116 Å². The van der Waals surface area contributed by atoms with Crippen LogP contribution < -0.4 is 0 Å². The summed E-state index contributed by atoms with van der Waals surface area (Å²) in [4.78, 5) is 35.0. The summed E-state index contributed by atoms with van der Waals surface area (Å²) in [5.41, 5.74) is 0. The average Bonchev–Trinajstić information content (AvgIpc) is 3.12. The van der Waals surface area contributed by atoms with Crippen molar-refractivity contribution in [3.8, 4) is 0 Å². The van der Waals surface area contributed by atoms with Crippen molar-refractivity contribution in [3.63, 3.8) is 0 Å². The Morgan fingerprint density at radius 1 is 0.551 bits per heavy atom. The number of ether oxygens (including phenoxy) is 7. The van der Waals surface area contributed by atoms with Crippen LogP contribution in [0.15, 0.2) is 25.3 Å². The van der Waals surface area contributed by atoms with Crippen molar-refractivity contribution in [3.05, 3.63) is 25.3 Å². The van der Waals surface area contributed by atoms with Crippen LogP contribution in [-0.2, 0) is 47.5 Å². The van der Waals surface area contributed by atoms with Crippen LogP contribution in [0.2, 0.25) is 0 Å². The quantitative estimate of drug-likeness (QED) is 0.0248. The average molecular weight is 713 g/mol. The summed E-state index contributed by atoms with van der Waals surface area (Å²) in [7, 11) is 0. The van der Waals surface area contributed by atoms with Crippen LogP contribution >= 0.6 is 11.6 Å². The molecule has 0 aliphatic heterocycles. The molecule has 0 spiro atoms. The van der Waals surface area contributed by atoms with Crippen molar-refractivity contribution in [2.24, 2.45) is 5.92 Å². The van der Waals surface area contributed by atoms with Gasteiger partial charge in [0.1, 0.15) is 12.9 Å². The fourth-order valence-corrected chi connectivity index (χ4v) is 7.14. The molecule has 0 radical (unpaired) electrons. The maximum absolute atomic E-state index is 12.9. The molecule has 0 saturated heterocycles. The van der Waals surface area contributed by atoms with Crippen molar-refractivity contribution in [2.45, 2.75) is 158 Å². The van der Waals surface area contributed by atoms with E-state index in [4.69, 9.17) is 44.8 Å². The van der Waals surface area contributed by atoms with E-state index in [1.165, 1.54) is 12.2 Å². The molecule has 0 heterocycles. The van der Waals surface area contributed by atoms with Crippen LogP contribution in [0.3, 0.4) is 0 Å². The van der Waals surface area contributed by atoms with Crippen molar-refractivity contribution < 1.29 is 47.5 Å².